The molecule has 0 aliphatic carbocycles. The Labute approximate surface area is 174 Å². The molecule has 0 spiro atoms. The summed E-state index contributed by atoms with van der Waals surface area (Å²) in [4.78, 5) is 25.6. The van der Waals surface area contributed by atoms with E-state index in [0.29, 0.717) is 6.54 Å². The summed E-state index contributed by atoms with van der Waals surface area (Å²) in [6, 6.07) is 12.2. The Hall–Kier alpha value is -2.64. The molecule has 7 nitrogen and oxygen atoms in total. The summed E-state index contributed by atoms with van der Waals surface area (Å²) < 4.78 is 5.24. The zero-order valence-electron chi connectivity index (χ0n) is 16.4. The normalized spacial score (nSPS) is 19.6. The number of hydrogen-bond donors (Lipinski definition) is 1. The molecule has 1 saturated heterocycles. The molecule has 3 rings (SSSR count). The van der Waals surface area contributed by atoms with Gasteiger partial charge in [-0.05, 0) is 62.2 Å². The van der Waals surface area contributed by atoms with Crippen LogP contribution >= 0.6 is 11.6 Å². The number of nitro groups is 1. The molecule has 1 aliphatic rings. The second-order valence-corrected chi connectivity index (χ2v) is 7.67. The van der Waals surface area contributed by atoms with Crippen LogP contribution in [0.4, 0.5) is 5.69 Å². The lowest BCUT2D eigenvalue weighted by atomic mass is 9.85. The number of halogens is 1. The van der Waals surface area contributed by atoms with Gasteiger partial charge in [-0.1, -0.05) is 23.7 Å². The summed E-state index contributed by atoms with van der Waals surface area (Å²) >= 11 is 5.84. The first-order valence-electron chi connectivity index (χ1n) is 9.47. The van der Waals surface area contributed by atoms with Gasteiger partial charge in [0.25, 0.3) is 11.6 Å². The topological polar surface area (TPSA) is 84.7 Å². The summed E-state index contributed by atoms with van der Waals surface area (Å²) in [5, 5.41) is 14.4. The molecule has 2 atom stereocenters. The van der Waals surface area contributed by atoms with Crippen molar-refractivity contribution < 1.29 is 14.5 Å². The van der Waals surface area contributed by atoms with Gasteiger partial charge in [-0.2, -0.15) is 0 Å². The van der Waals surface area contributed by atoms with E-state index in [1.54, 1.807) is 7.11 Å². The lowest BCUT2D eigenvalue weighted by Crippen LogP contribution is -2.41. The second-order valence-electron chi connectivity index (χ2n) is 7.23. The van der Waals surface area contributed by atoms with E-state index in [2.05, 4.69) is 17.3 Å². The third-order valence-corrected chi connectivity index (χ3v) is 5.63. The molecule has 8 heteroatoms. The highest BCUT2D eigenvalue weighted by Gasteiger charge is 2.31. The minimum atomic E-state index is -0.588. The Morgan fingerprint density at radius 2 is 2.03 bits per heavy atom. The lowest BCUT2D eigenvalue weighted by Gasteiger charge is -2.39. The van der Waals surface area contributed by atoms with Gasteiger partial charge < -0.3 is 10.1 Å². The van der Waals surface area contributed by atoms with Crippen LogP contribution in [0.1, 0.15) is 34.8 Å². The average Bonchev–Trinajstić information content (AvgIpc) is 2.72. The molecule has 1 N–H and O–H groups in total. The number of nitro benzene ring substituents is 1. The standard InChI is InChI=1S/C21H24ClN3O4/c1-24-11-3-4-15(20(24)14-5-8-17(29-2)9-6-14)13-23-21(26)18-10-7-16(22)12-19(18)25(27)28/h5-10,12,15,20H,3-4,11,13H2,1-2H3,(H,23,26). The van der Waals surface area contributed by atoms with Crippen LogP contribution in [0.3, 0.4) is 0 Å². The van der Waals surface area contributed by atoms with Gasteiger partial charge in [0.15, 0.2) is 0 Å². The van der Waals surface area contributed by atoms with E-state index in [9.17, 15) is 14.9 Å². The highest BCUT2D eigenvalue weighted by atomic mass is 35.5. The summed E-state index contributed by atoms with van der Waals surface area (Å²) in [7, 11) is 3.71. The minimum Gasteiger partial charge on any atom is -0.497 e. The van der Waals surface area contributed by atoms with E-state index >= 15 is 0 Å². The highest BCUT2D eigenvalue weighted by Crippen LogP contribution is 2.35. The van der Waals surface area contributed by atoms with Crippen molar-refractivity contribution in [2.45, 2.75) is 18.9 Å². The maximum atomic E-state index is 12.6. The van der Waals surface area contributed by atoms with E-state index in [1.165, 1.54) is 18.2 Å². The first-order valence-corrected chi connectivity index (χ1v) is 9.85. The van der Waals surface area contributed by atoms with Crippen LogP contribution < -0.4 is 10.1 Å². The molecule has 2 aromatic carbocycles. The molecule has 0 saturated carbocycles. The Morgan fingerprint density at radius 3 is 2.69 bits per heavy atom. The van der Waals surface area contributed by atoms with Crippen LogP contribution in [0, 0.1) is 16.0 Å². The van der Waals surface area contributed by atoms with Crippen molar-refractivity contribution in [2.75, 3.05) is 27.2 Å². The Bertz CT molecular complexity index is 888. The van der Waals surface area contributed by atoms with Gasteiger partial charge >= 0.3 is 0 Å². The van der Waals surface area contributed by atoms with Gasteiger partial charge in [0.05, 0.1) is 12.0 Å². The number of methoxy groups -OCH3 is 1. The van der Waals surface area contributed by atoms with E-state index in [1.807, 2.05) is 24.3 Å². The average molecular weight is 418 g/mol. The molecule has 0 aromatic heterocycles. The van der Waals surface area contributed by atoms with Crippen molar-refractivity contribution in [1.82, 2.24) is 10.2 Å². The van der Waals surface area contributed by atoms with Gasteiger partial charge in [0.2, 0.25) is 0 Å². The molecule has 29 heavy (non-hydrogen) atoms. The predicted molar refractivity (Wildman–Crippen MR) is 112 cm³/mol. The largest absolute Gasteiger partial charge is 0.497 e. The molecule has 2 aromatic rings. The third-order valence-electron chi connectivity index (χ3n) is 5.39. The van der Waals surface area contributed by atoms with Crippen molar-refractivity contribution in [3.8, 4) is 5.75 Å². The maximum absolute atomic E-state index is 12.6. The SMILES string of the molecule is COc1ccc(C2C(CNC(=O)c3ccc(Cl)cc3[N+](=O)[O-])CCCN2C)cc1. The number of carbonyl (C=O) groups is 1. The van der Waals surface area contributed by atoms with Crippen LogP contribution in [-0.2, 0) is 0 Å². The number of benzene rings is 2. The predicted octanol–water partition coefficient (Wildman–Crippen LogP) is 4.07. The van der Waals surface area contributed by atoms with Crippen molar-refractivity contribution in [3.05, 3.63) is 68.7 Å². The zero-order chi connectivity index (χ0) is 21.0. The smallest absolute Gasteiger partial charge is 0.283 e. The van der Waals surface area contributed by atoms with Gasteiger partial charge in [-0.3, -0.25) is 19.8 Å². The summed E-state index contributed by atoms with van der Waals surface area (Å²) in [5.41, 5.74) is 0.886. The molecule has 154 valence electrons. The van der Waals surface area contributed by atoms with Crippen LogP contribution in [0.2, 0.25) is 5.02 Å². The van der Waals surface area contributed by atoms with Crippen molar-refractivity contribution in [1.29, 1.82) is 0 Å². The molecule has 1 aliphatic heterocycles. The van der Waals surface area contributed by atoms with Crippen LogP contribution in [0.25, 0.3) is 0 Å². The Kier molecular flexibility index (Phi) is 6.71. The molecule has 1 amide bonds. The van der Waals surface area contributed by atoms with Crippen molar-refractivity contribution in [2.24, 2.45) is 5.92 Å². The number of ether oxygens (including phenoxy) is 1. The number of piperidine rings is 1. The summed E-state index contributed by atoms with van der Waals surface area (Å²) in [5.74, 6) is 0.527. The van der Waals surface area contributed by atoms with Gasteiger partial charge in [0, 0.05) is 23.7 Å². The molecule has 1 fully saturated rings. The minimum absolute atomic E-state index is 0.0181. The quantitative estimate of drug-likeness (QED) is 0.565. The molecule has 1 heterocycles. The highest BCUT2D eigenvalue weighted by molar-refractivity contribution is 6.31. The first kappa shape index (κ1) is 21.1. The molecule has 0 radical (unpaired) electrons. The number of likely N-dealkylation sites (tertiary alicyclic amines) is 1. The van der Waals surface area contributed by atoms with E-state index in [-0.39, 0.29) is 28.2 Å². The fourth-order valence-electron chi connectivity index (χ4n) is 3.97. The number of carbonyl (C=O) groups excluding carboxylic acids is 1. The van der Waals surface area contributed by atoms with Crippen LogP contribution in [-0.4, -0.2) is 43.0 Å². The number of nitrogens with one attached hydrogen (secondary N) is 1. The number of rotatable bonds is 6. The molecular weight excluding hydrogens is 394 g/mol. The van der Waals surface area contributed by atoms with Gasteiger partial charge in [0.1, 0.15) is 11.3 Å². The monoisotopic (exact) mass is 417 g/mol. The van der Waals surface area contributed by atoms with Crippen molar-refractivity contribution in [3.63, 3.8) is 0 Å². The van der Waals surface area contributed by atoms with Gasteiger partial charge in [-0.15, -0.1) is 0 Å². The number of nitrogens with zero attached hydrogens (tertiary/aromatic N) is 2. The lowest BCUT2D eigenvalue weighted by molar-refractivity contribution is -0.385. The number of hydrogen-bond acceptors (Lipinski definition) is 5. The summed E-state index contributed by atoms with van der Waals surface area (Å²) in [6.45, 7) is 1.41. The van der Waals surface area contributed by atoms with Crippen LogP contribution in [0.5, 0.6) is 5.75 Å². The molecule has 0 bridgehead atoms. The molecular formula is C21H24ClN3O4. The molecule has 2 unspecified atom stereocenters. The fraction of sp³-hybridized carbons (Fsp3) is 0.381. The van der Waals surface area contributed by atoms with Gasteiger partial charge in [-0.25, -0.2) is 0 Å². The van der Waals surface area contributed by atoms with E-state index in [4.69, 9.17) is 16.3 Å². The maximum Gasteiger partial charge on any atom is 0.283 e. The van der Waals surface area contributed by atoms with E-state index in [0.717, 1.165) is 30.7 Å². The summed E-state index contributed by atoms with van der Waals surface area (Å²) in [6.07, 6.45) is 1.99. The number of amides is 1. The van der Waals surface area contributed by atoms with Crippen molar-refractivity contribution >= 4 is 23.2 Å². The Morgan fingerprint density at radius 1 is 1.31 bits per heavy atom. The second kappa shape index (κ2) is 9.24. The van der Waals surface area contributed by atoms with E-state index < -0.39 is 10.8 Å². The first-order chi connectivity index (χ1) is 13.9. The Balaban J connectivity index is 1.75. The third kappa shape index (κ3) is 4.86. The zero-order valence-corrected chi connectivity index (χ0v) is 17.2. The fourth-order valence-corrected chi connectivity index (χ4v) is 4.13. The van der Waals surface area contributed by atoms with Crippen LogP contribution in [0.15, 0.2) is 42.5 Å².